The van der Waals surface area contributed by atoms with E-state index < -0.39 is 5.60 Å². The van der Waals surface area contributed by atoms with Crippen molar-refractivity contribution in [1.82, 2.24) is 4.98 Å². The molecule has 1 aliphatic rings. The molecule has 7 heteroatoms. The van der Waals surface area contributed by atoms with Crippen LogP contribution in [-0.4, -0.2) is 28.1 Å². The number of pyridine rings is 1. The van der Waals surface area contributed by atoms with Crippen molar-refractivity contribution in [2.75, 3.05) is 18.0 Å². The molecule has 1 fully saturated rings. The lowest BCUT2D eigenvalue weighted by Crippen LogP contribution is -2.43. The maximum absolute atomic E-state index is 11.8. The smallest absolute Gasteiger partial charge is 0.301 e. The standard InChI is InChI=1S/C20H18ClN3O3/c21-16-6-2-1-5-15(16)20(25)9-12-23(13-10-20)18-8-7-17-14(4-3-11-22-17)19(18)24(26)27/h1-8,11,25H,9-10,12-13H2. The molecule has 0 spiro atoms. The Labute approximate surface area is 161 Å². The van der Waals surface area contributed by atoms with Crippen LogP contribution in [0.15, 0.2) is 54.7 Å². The topological polar surface area (TPSA) is 79.5 Å². The molecule has 1 saturated heterocycles. The summed E-state index contributed by atoms with van der Waals surface area (Å²) in [4.78, 5) is 17.6. The summed E-state index contributed by atoms with van der Waals surface area (Å²) in [5, 5.41) is 23.9. The predicted octanol–water partition coefficient (Wildman–Crippen LogP) is 4.28. The van der Waals surface area contributed by atoms with Gasteiger partial charge >= 0.3 is 5.69 Å². The Balaban J connectivity index is 1.66. The van der Waals surface area contributed by atoms with Crippen LogP contribution in [0.3, 0.4) is 0 Å². The van der Waals surface area contributed by atoms with Gasteiger partial charge in [0.05, 0.1) is 21.4 Å². The number of benzene rings is 2. The number of halogens is 1. The van der Waals surface area contributed by atoms with E-state index in [1.165, 1.54) is 0 Å². The third kappa shape index (κ3) is 3.11. The molecule has 27 heavy (non-hydrogen) atoms. The number of anilines is 1. The van der Waals surface area contributed by atoms with Gasteiger partial charge in [-0.05, 0) is 43.2 Å². The lowest BCUT2D eigenvalue weighted by molar-refractivity contribution is -0.382. The van der Waals surface area contributed by atoms with Gasteiger partial charge in [0.25, 0.3) is 0 Å². The molecule has 0 radical (unpaired) electrons. The molecule has 1 aromatic heterocycles. The lowest BCUT2D eigenvalue weighted by Gasteiger charge is -2.39. The van der Waals surface area contributed by atoms with Crippen LogP contribution in [0.1, 0.15) is 18.4 Å². The number of hydrogen-bond donors (Lipinski definition) is 1. The van der Waals surface area contributed by atoms with Crippen molar-refractivity contribution in [3.05, 3.63) is 75.4 Å². The van der Waals surface area contributed by atoms with Crippen molar-refractivity contribution in [1.29, 1.82) is 0 Å². The van der Waals surface area contributed by atoms with E-state index in [0.717, 1.165) is 0 Å². The van der Waals surface area contributed by atoms with E-state index >= 15 is 0 Å². The van der Waals surface area contributed by atoms with Gasteiger partial charge in [0.1, 0.15) is 5.69 Å². The van der Waals surface area contributed by atoms with Crippen LogP contribution >= 0.6 is 11.6 Å². The summed E-state index contributed by atoms with van der Waals surface area (Å²) in [6, 6.07) is 14.2. The van der Waals surface area contributed by atoms with Crippen molar-refractivity contribution in [2.45, 2.75) is 18.4 Å². The van der Waals surface area contributed by atoms with Crippen LogP contribution in [-0.2, 0) is 5.60 Å². The summed E-state index contributed by atoms with van der Waals surface area (Å²) in [7, 11) is 0. The SMILES string of the molecule is O=[N+]([O-])c1c(N2CCC(O)(c3ccccc3Cl)CC2)ccc2ncccc12. The molecule has 2 heterocycles. The first kappa shape index (κ1) is 17.7. The zero-order chi connectivity index (χ0) is 19.0. The minimum absolute atomic E-state index is 0.0591. The molecule has 0 bridgehead atoms. The summed E-state index contributed by atoms with van der Waals surface area (Å²) < 4.78 is 0. The van der Waals surface area contributed by atoms with Gasteiger partial charge in [-0.15, -0.1) is 0 Å². The maximum atomic E-state index is 11.8. The van der Waals surface area contributed by atoms with Gasteiger partial charge in [-0.3, -0.25) is 15.1 Å². The molecule has 2 aromatic carbocycles. The third-order valence-corrected chi connectivity index (χ3v) is 5.55. The molecular weight excluding hydrogens is 366 g/mol. The van der Waals surface area contributed by atoms with Crippen molar-refractivity contribution in [2.24, 2.45) is 0 Å². The molecule has 0 unspecified atom stereocenters. The zero-order valence-corrected chi connectivity index (χ0v) is 15.3. The van der Waals surface area contributed by atoms with Gasteiger partial charge in [0.2, 0.25) is 0 Å². The van der Waals surface area contributed by atoms with Gasteiger partial charge in [0.15, 0.2) is 0 Å². The van der Waals surface area contributed by atoms with E-state index in [9.17, 15) is 15.2 Å². The van der Waals surface area contributed by atoms with Crippen LogP contribution in [0.4, 0.5) is 11.4 Å². The fourth-order valence-electron chi connectivity index (χ4n) is 3.80. The largest absolute Gasteiger partial charge is 0.385 e. The van der Waals surface area contributed by atoms with Crippen LogP contribution < -0.4 is 4.90 Å². The summed E-state index contributed by atoms with van der Waals surface area (Å²) in [6.07, 6.45) is 2.51. The molecule has 0 amide bonds. The van der Waals surface area contributed by atoms with E-state index in [1.54, 1.807) is 36.5 Å². The van der Waals surface area contributed by atoms with Gasteiger partial charge in [0, 0.05) is 29.9 Å². The second kappa shape index (κ2) is 6.79. The minimum atomic E-state index is -1.03. The quantitative estimate of drug-likeness (QED) is 0.539. The average molecular weight is 384 g/mol. The average Bonchev–Trinajstić information content (AvgIpc) is 2.68. The van der Waals surface area contributed by atoms with Crippen molar-refractivity contribution >= 4 is 33.9 Å². The molecule has 6 nitrogen and oxygen atoms in total. The number of fused-ring (bicyclic) bond motifs is 1. The number of nitrogens with zero attached hydrogens (tertiary/aromatic N) is 3. The number of aromatic nitrogens is 1. The fraction of sp³-hybridized carbons (Fsp3) is 0.250. The highest BCUT2D eigenvalue weighted by molar-refractivity contribution is 6.31. The Morgan fingerprint density at radius 3 is 2.56 bits per heavy atom. The molecule has 138 valence electrons. The van der Waals surface area contributed by atoms with Crippen LogP contribution in [0.2, 0.25) is 5.02 Å². The van der Waals surface area contributed by atoms with E-state index in [-0.39, 0.29) is 10.6 Å². The van der Waals surface area contributed by atoms with Crippen molar-refractivity contribution in [3.8, 4) is 0 Å². The Bertz CT molecular complexity index is 1020. The Hall–Kier alpha value is -2.70. The lowest BCUT2D eigenvalue weighted by atomic mass is 9.84. The molecule has 0 atom stereocenters. The predicted molar refractivity (Wildman–Crippen MR) is 105 cm³/mol. The van der Waals surface area contributed by atoms with Gasteiger partial charge in [-0.25, -0.2) is 0 Å². The highest BCUT2D eigenvalue weighted by atomic mass is 35.5. The highest BCUT2D eigenvalue weighted by Gasteiger charge is 2.37. The van der Waals surface area contributed by atoms with Crippen LogP contribution in [0, 0.1) is 10.1 Å². The maximum Gasteiger partial charge on any atom is 0.301 e. The third-order valence-electron chi connectivity index (χ3n) is 5.22. The summed E-state index contributed by atoms with van der Waals surface area (Å²) in [5.74, 6) is 0. The second-order valence-corrected chi connectivity index (χ2v) is 7.17. The number of piperidine rings is 1. The Kier molecular flexibility index (Phi) is 4.45. The van der Waals surface area contributed by atoms with Gasteiger partial charge < -0.3 is 10.0 Å². The monoisotopic (exact) mass is 383 g/mol. The number of rotatable bonds is 3. The first-order valence-electron chi connectivity index (χ1n) is 8.74. The molecular formula is C20H18ClN3O3. The number of hydrogen-bond acceptors (Lipinski definition) is 5. The normalized spacial score (nSPS) is 16.4. The van der Waals surface area contributed by atoms with E-state index in [1.807, 2.05) is 23.1 Å². The molecule has 4 rings (SSSR count). The summed E-state index contributed by atoms with van der Waals surface area (Å²) >= 11 is 6.26. The summed E-state index contributed by atoms with van der Waals surface area (Å²) in [5.41, 5.74) is 0.897. The second-order valence-electron chi connectivity index (χ2n) is 6.76. The molecule has 1 N–H and O–H groups in total. The van der Waals surface area contributed by atoms with Crippen molar-refractivity contribution < 1.29 is 10.0 Å². The van der Waals surface area contributed by atoms with E-state index in [2.05, 4.69) is 4.98 Å². The number of nitro groups is 1. The number of nitro benzene ring substituents is 1. The van der Waals surface area contributed by atoms with Crippen LogP contribution in [0.5, 0.6) is 0 Å². The van der Waals surface area contributed by atoms with E-state index in [4.69, 9.17) is 11.6 Å². The summed E-state index contributed by atoms with van der Waals surface area (Å²) in [6.45, 7) is 0.989. The molecule has 0 saturated carbocycles. The Morgan fingerprint density at radius 1 is 1.11 bits per heavy atom. The van der Waals surface area contributed by atoms with Gasteiger partial charge in [-0.1, -0.05) is 29.8 Å². The minimum Gasteiger partial charge on any atom is -0.385 e. The van der Waals surface area contributed by atoms with Crippen molar-refractivity contribution in [3.63, 3.8) is 0 Å². The zero-order valence-electron chi connectivity index (χ0n) is 14.5. The highest BCUT2D eigenvalue weighted by Crippen LogP contribution is 2.41. The Morgan fingerprint density at radius 2 is 1.85 bits per heavy atom. The number of aliphatic hydroxyl groups is 1. The first-order valence-corrected chi connectivity index (χ1v) is 9.12. The molecule has 1 aliphatic heterocycles. The first-order chi connectivity index (χ1) is 13.0. The van der Waals surface area contributed by atoms with Crippen LogP contribution in [0.25, 0.3) is 10.9 Å². The van der Waals surface area contributed by atoms with Gasteiger partial charge in [-0.2, -0.15) is 0 Å². The van der Waals surface area contributed by atoms with E-state index in [0.29, 0.717) is 53.1 Å². The molecule has 0 aliphatic carbocycles. The fourth-order valence-corrected chi connectivity index (χ4v) is 4.11. The molecule has 3 aromatic rings.